The average Bonchev–Trinajstić information content (AvgIpc) is 2.62. The van der Waals surface area contributed by atoms with E-state index in [0.29, 0.717) is 23.0 Å². The molecule has 0 heterocycles. The Hall–Kier alpha value is -2.43. The van der Waals surface area contributed by atoms with Gasteiger partial charge in [-0.15, -0.1) is 0 Å². The van der Waals surface area contributed by atoms with Gasteiger partial charge in [-0.25, -0.2) is 0 Å². The van der Waals surface area contributed by atoms with Gasteiger partial charge in [0, 0.05) is 11.0 Å². The van der Waals surface area contributed by atoms with Crippen LogP contribution in [0.5, 0.6) is 17.2 Å². The second-order valence-electron chi connectivity index (χ2n) is 5.98. The van der Waals surface area contributed by atoms with Crippen LogP contribution >= 0.6 is 0 Å². The lowest BCUT2D eigenvalue weighted by Gasteiger charge is -2.38. The van der Waals surface area contributed by atoms with Crippen molar-refractivity contribution >= 4 is 5.78 Å². The van der Waals surface area contributed by atoms with Crippen LogP contribution in [0, 0.1) is 0 Å². The van der Waals surface area contributed by atoms with Gasteiger partial charge in [0.25, 0.3) is 0 Å². The standard InChI is InChI=1S/C19H22O5/c1-21-14-10-12-6-5-8-19(9-7-13(20)15(11-19)22-2)16(12)18(24-4)17(14)23-3/h7,9-11H,5-6,8H2,1-4H3. The lowest BCUT2D eigenvalue weighted by Crippen LogP contribution is -2.31. The second-order valence-corrected chi connectivity index (χ2v) is 5.98. The number of hydrogen-bond acceptors (Lipinski definition) is 5. The topological polar surface area (TPSA) is 54.0 Å². The van der Waals surface area contributed by atoms with Crippen molar-refractivity contribution in [2.24, 2.45) is 0 Å². The van der Waals surface area contributed by atoms with Crippen LogP contribution in [-0.4, -0.2) is 34.2 Å². The third-order valence-electron chi connectivity index (χ3n) is 4.80. The van der Waals surface area contributed by atoms with Gasteiger partial charge in [0.1, 0.15) is 0 Å². The first-order valence-electron chi connectivity index (χ1n) is 7.93. The van der Waals surface area contributed by atoms with Crippen LogP contribution < -0.4 is 14.2 Å². The number of carbonyl (C=O) groups excluding carboxylic acids is 1. The SMILES string of the molecule is COC1=CC2(C=CC1=O)CCCc1cc(OC)c(OC)c(OC)c12. The Morgan fingerprint density at radius 1 is 1.00 bits per heavy atom. The minimum absolute atomic E-state index is 0.116. The van der Waals surface area contributed by atoms with Crippen LogP contribution in [0.1, 0.15) is 24.0 Å². The summed E-state index contributed by atoms with van der Waals surface area (Å²) in [6, 6.07) is 2.00. The van der Waals surface area contributed by atoms with E-state index in [1.807, 2.05) is 18.2 Å². The van der Waals surface area contributed by atoms with Gasteiger partial charge in [0.2, 0.25) is 11.5 Å². The number of ketones is 1. The van der Waals surface area contributed by atoms with Crippen molar-refractivity contribution in [1.29, 1.82) is 0 Å². The third-order valence-corrected chi connectivity index (χ3v) is 4.80. The molecule has 128 valence electrons. The van der Waals surface area contributed by atoms with Gasteiger partial charge in [0.05, 0.1) is 28.4 Å². The molecular formula is C19H22O5. The molecule has 1 aromatic rings. The number of rotatable bonds is 4. The maximum absolute atomic E-state index is 12.0. The van der Waals surface area contributed by atoms with Crippen LogP contribution in [0.2, 0.25) is 0 Å². The Balaban J connectivity index is 2.29. The molecule has 1 atom stereocenters. The molecular weight excluding hydrogens is 308 g/mol. The van der Waals surface area contributed by atoms with Gasteiger partial charge in [0.15, 0.2) is 17.3 Å². The molecule has 5 heteroatoms. The van der Waals surface area contributed by atoms with E-state index in [-0.39, 0.29) is 5.78 Å². The van der Waals surface area contributed by atoms with Crippen molar-refractivity contribution in [2.75, 3.05) is 28.4 Å². The van der Waals surface area contributed by atoms with Gasteiger partial charge >= 0.3 is 0 Å². The summed E-state index contributed by atoms with van der Waals surface area (Å²) in [6.07, 6.45) is 8.24. The molecule has 2 aliphatic carbocycles. The number of benzene rings is 1. The Bertz CT molecular complexity index is 732. The van der Waals surface area contributed by atoms with E-state index in [0.717, 1.165) is 30.4 Å². The molecule has 5 nitrogen and oxygen atoms in total. The summed E-state index contributed by atoms with van der Waals surface area (Å²) in [6.45, 7) is 0. The van der Waals surface area contributed by atoms with Gasteiger partial charge in [-0.1, -0.05) is 6.08 Å². The first kappa shape index (κ1) is 16.4. The predicted molar refractivity (Wildman–Crippen MR) is 90.0 cm³/mol. The average molecular weight is 330 g/mol. The summed E-state index contributed by atoms with van der Waals surface area (Å²) >= 11 is 0. The van der Waals surface area contributed by atoms with Crippen LogP contribution in [0.3, 0.4) is 0 Å². The maximum Gasteiger partial charge on any atom is 0.219 e. The lowest BCUT2D eigenvalue weighted by atomic mass is 9.67. The van der Waals surface area contributed by atoms with Crippen molar-refractivity contribution in [1.82, 2.24) is 0 Å². The highest BCUT2D eigenvalue weighted by atomic mass is 16.5. The fourth-order valence-corrected chi connectivity index (χ4v) is 3.74. The fraction of sp³-hybridized carbons (Fsp3) is 0.421. The summed E-state index contributed by atoms with van der Waals surface area (Å²) in [5.41, 5.74) is 1.73. The molecule has 0 saturated heterocycles. The lowest BCUT2D eigenvalue weighted by molar-refractivity contribution is -0.114. The number of hydrogen-bond donors (Lipinski definition) is 0. The summed E-state index contributed by atoms with van der Waals surface area (Å²) in [5, 5.41) is 0. The molecule has 0 N–H and O–H groups in total. The molecule has 0 radical (unpaired) electrons. The minimum Gasteiger partial charge on any atom is -0.493 e. The number of allylic oxidation sites excluding steroid dienone is 3. The molecule has 1 unspecified atom stereocenters. The van der Waals surface area contributed by atoms with Crippen LogP contribution in [0.4, 0.5) is 0 Å². The highest BCUT2D eigenvalue weighted by Gasteiger charge is 2.40. The first-order valence-corrected chi connectivity index (χ1v) is 7.93. The monoisotopic (exact) mass is 330 g/mol. The molecule has 0 aromatic heterocycles. The van der Waals surface area contributed by atoms with E-state index in [2.05, 4.69) is 0 Å². The molecule has 0 fully saturated rings. The van der Waals surface area contributed by atoms with Crippen molar-refractivity contribution in [3.8, 4) is 17.2 Å². The van der Waals surface area contributed by atoms with Crippen LogP contribution in [-0.2, 0) is 21.4 Å². The molecule has 0 saturated carbocycles. The number of aryl methyl sites for hydroxylation is 1. The van der Waals surface area contributed by atoms with Crippen LogP contribution in [0.15, 0.2) is 30.1 Å². The Morgan fingerprint density at radius 2 is 1.75 bits per heavy atom. The fourth-order valence-electron chi connectivity index (χ4n) is 3.74. The molecule has 24 heavy (non-hydrogen) atoms. The quantitative estimate of drug-likeness (QED) is 0.849. The van der Waals surface area contributed by atoms with E-state index >= 15 is 0 Å². The van der Waals surface area contributed by atoms with Crippen molar-refractivity contribution in [2.45, 2.75) is 24.7 Å². The number of methoxy groups -OCH3 is 4. The molecule has 3 rings (SSSR count). The molecule has 0 amide bonds. The van der Waals surface area contributed by atoms with Gasteiger partial charge in [-0.3, -0.25) is 4.79 Å². The second kappa shape index (κ2) is 6.23. The normalized spacial score (nSPS) is 22.0. The molecule has 0 aliphatic heterocycles. The van der Waals surface area contributed by atoms with Crippen molar-refractivity contribution in [3.63, 3.8) is 0 Å². The van der Waals surface area contributed by atoms with E-state index in [4.69, 9.17) is 18.9 Å². The molecule has 2 aliphatic rings. The Kier molecular flexibility index (Phi) is 4.26. The maximum atomic E-state index is 12.0. The number of ether oxygens (including phenoxy) is 4. The van der Waals surface area contributed by atoms with Gasteiger partial charge in [-0.2, -0.15) is 0 Å². The largest absolute Gasteiger partial charge is 0.493 e. The number of fused-ring (bicyclic) bond motifs is 2. The predicted octanol–water partition coefficient (Wildman–Crippen LogP) is 2.96. The highest BCUT2D eigenvalue weighted by Crippen LogP contribution is 2.52. The van der Waals surface area contributed by atoms with E-state index < -0.39 is 5.41 Å². The van der Waals surface area contributed by atoms with Gasteiger partial charge in [-0.05, 0) is 43.0 Å². The summed E-state index contributed by atoms with van der Waals surface area (Å²) in [5.74, 6) is 2.11. The van der Waals surface area contributed by atoms with Crippen molar-refractivity contribution < 1.29 is 23.7 Å². The zero-order chi connectivity index (χ0) is 17.3. The molecule has 0 bridgehead atoms. The summed E-state index contributed by atoms with van der Waals surface area (Å²) < 4.78 is 22.0. The zero-order valence-corrected chi connectivity index (χ0v) is 14.5. The zero-order valence-electron chi connectivity index (χ0n) is 14.5. The van der Waals surface area contributed by atoms with Crippen molar-refractivity contribution in [3.05, 3.63) is 41.2 Å². The highest BCUT2D eigenvalue weighted by molar-refractivity contribution is 6.04. The van der Waals surface area contributed by atoms with Crippen LogP contribution in [0.25, 0.3) is 0 Å². The third kappa shape index (κ3) is 2.35. The van der Waals surface area contributed by atoms with Gasteiger partial charge < -0.3 is 18.9 Å². The molecule has 1 spiro atoms. The summed E-state index contributed by atoms with van der Waals surface area (Å²) in [7, 11) is 6.36. The first-order chi connectivity index (χ1) is 11.6. The smallest absolute Gasteiger partial charge is 0.219 e. The summed E-state index contributed by atoms with van der Waals surface area (Å²) in [4.78, 5) is 12.0. The molecule has 1 aromatic carbocycles. The Labute approximate surface area is 141 Å². The minimum atomic E-state index is -0.433. The van der Waals surface area contributed by atoms with E-state index in [1.165, 1.54) is 7.11 Å². The van der Waals surface area contributed by atoms with E-state index in [1.54, 1.807) is 27.4 Å². The van der Waals surface area contributed by atoms with E-state index in [9.17, 15) is 4.79 Å². The Morgan fingerprint density at radius 3 is 2.38 bits per heavy atom. The number of carbonyl (C=O) groups is 1.